The van der Waals surface area contributed by atoms with E-state index in [4.69, 9.17) is 16.6 Å². The Morgan fingerprint density at radius 3 is 2.50 bits per heavy atom. The number of carbonyl (C=O) groups is 1. The summed E-state index contributed by atoms with van der Waals surface area (Å²) in [6.07, 6.45) is -0.674. The van der Waals surface area contributed by atoms with Gasteiger partial charge in [-0.1, -0.05) is 0 Å². The highest BCUT2D eigenvalue weighted by atomic mass is 16.3. The molecule has 10 heavy (non-hydrogen) atoms. The van der Waals surface area contributed by atoms with Gasteiger partial charge in [-0.05, 0) is 6.92 Å². The fraction of sp³-hybridized carbons (Fsp3) is 0.833. The molecule has 0 aromatic rings. The topological polar surface area (TPSA) is 89.3 Å². The lowest BCUT2D eigenvalue weighted by Crippen LogP contribution is -2.32. The van der Waals surface area contributed by atoms with Crippen molar-refractivity contribution in [3.63, 3.8) is 0 Å². The quantitative estimate of drug-likeness (QED) is 0.455. The van der Waals surface area contributed by atoms with Crippen LogP contribution < -0.4 is 11.5 Å². The molecule has 0 amide bonds. The van der Waals surface area contributed by atoms with E-state index in [9.17, 15) is 4.79 Å². The van der Waals surface area contributed by atoms with Crippen molar-refractivity contribution in [1.82, 2.24) is 0 Å². The maximum atomic E-state index is 10.8. The van der Waals surface area contributed by atoms with Gasteiger partial charge in [0.05, 0.1) is 12.1 Å². The number of aliphatic hydroxyl groups excluding tert-OH is 1. The minimum atomic E-state index is -0.738. The first-order valence-electron chi connectivity index (χ1n) is 3.24. The van der Waals surface area contributed by atoms with E-state index in [0.717, 1.165) is 0 Å². The van der Waals surface area contributed by atoms with Crippen molar-refractivity contribution in [1.29, 1.82) is 0 Å². The normalized spacial score (nSPS) is 16.4. The van der Waals surface area contributed by atoms with Crippen molar-refractivity contribution in [3.05, 3.63) is 0 Å². The summed E-state index contributed by atoms with van der Waals surface area (Å²) in [6, 6.07) is -0.499. The highest BCUT2D eigenvalue weighted by Crippen LogP contribution is 1.93. The second kappa shape index (κ2) is 4.38. The van der Waals surface area contributed by atoms with Crippen molar-refractivity contribution in [2.24, 2.45) is 11.5 Å². The Morgan fingerprint density at radius 1 is 1.70 bits per heavy atom. The van der Waals surface area contributed by atoms with Gasteiger partial charge in [-0.15, -0.1) is 0 Å². The maximum Gasteiger partial charge on any atom is 0.151 e. The van der Waals surface area contributed by atoms with E-state index in [-0.39, 0.29) is 18.7 Å². The van der Waals surface area contributed by atoms with Crippen molar-refractivity contribution in [2.45, 2.75) is 25.5 Å². The number of hydrogen-bond acceptors (Lipinski definition) is 4. The van der Waals surface area contributed by atoms with Gasteiger partial charge in [0.2, 0.25) is 0 Å². The summed E-state index contributed by atoms with van der Waals surface area (Å²) in [7, 11) is 0. The van der Waals surface area contributed by atoms with Gasteiger partial charge in [0.15, 0.2) is 5.78 Å². The molecular weight excluding hydrogens is 132 g/mol. The van der Waals surface area contributed by atoms with Gasteiger partial charge in [-0.2, -0.15) is 0 Å². The zero-order valence-electron chi connectivity index (χ0n) is 6.08. The summed E-state index contributed by atoms with van der Waals surface area (Å²) in [5.41, 5.74) is 10.3. The standard InChI is InChI=1S/C6H14N2O2/c1-4(8)6(10)2-5(9)3-7/h4-5,9H,2-3,7-8H2,1H3/t4-,5?/m0/s1. The number of carbonyl (C=O) groups excluding carboxylic acids is 1. The van der Waals surface area contributed by atoms with Crippen molar-refractivity contribution in [2.75, 3.05) is 6.54 Å². The monoisotopic (exact) mass is 146 g/mol. The number of Topliss-reactive ketones (excluding diaryl/α,β-unsaturated/α-hetero) is 1. The van der Waals surface area contributed by atoms with E-state index in [0.29, 0.717) is 0 Å². The van der Waals surface area contributed by atoms with E-state index < -0.39 is 12.1 Å². The predicted octanol–water partition coefficient (Wildman–Crippen LogP) is -1.39. The molecule has 1 unspecified atom stereocenters. The molecule has 0 bridgehead atoms. The van der Waals surface area contributed by atoms with E-state index in [1.54, 1.807) is 6.92 Å². The van der Waals surface area contributed by atoms with E-state index in [2.05, 4.69) is 0 Å². The van der Waals surface area contributed by atoms with Gasteiger partial charge in [-0.3, -0.25) is 4.79 Å². The third kappa shape index (κ3) is 3.55. The average Bonchev–Trinajstić information content (AvgIpc) is 1.87. The number of nitrogens with two attached hydrogens (primary N) is 2. The van der Waals surface area contributed by atoms with E-state index in [1.165, 1.54) is 0 Å². The van der Waals surface area contributed by atoms with Crippen LogP contribution in [0.25, 0.3) is 0 Å². The highest BCUT2D eigenvalue weighted by molar-refractivity contribution is 5.83. The molecule has 0 aliphatic heterocycles. The second-order valence-electron chi connectivity index (χ2n) is 2.35. The van der Waals surface area contributed by atoms with Crippen LogP contribution in [0.5, 0.6) is 0 Å². The van der Waals surface area contributed by atoms with Crippen LogP contribution in [0.3, 0.4) is 0 Å². The zero-order valence-corrected chi connectivity index (χ0v) is 6.08. The minimum Gasteiger partial charge on any atom is -0.391 e. The molecule has 0 saturated carbocycles. The lowest BCUT2D eigenvalue weighted by molar-refractivity contribution is -0.121. The number of rotatable bonds is 4. The first kappa shape index (κ1) is 9.55. The Kier molecular flexibility index (Phi) is 4.18. The average molecular weight is 146 g/mol. The first-order chi connectivity index (χ1) is 4.57. The molecule has 0 aromatic carbocycles. The molecule has 2 atom stereocenters. The molecule has 4 nitrogen and oxygen atoms in total. The van der Waals surface area contributed by atoms with E-state index in [1.807, 2.05) is 0 Å². The largest absolute Gasteiger partial charge is 0.391 e. The van der Waals surface area contributed by atoms with Crippen LogP contribution in [-0.4, -0.2) is 29.6 Å². The third-order valence-electron chi connectivity index (χ3n) is 1.22. The van der Waals surface area contributed by atoms with Crippen LogP contribution in [0.4, 0.5) is 0 Å². The van der Waals surface area contributed by atoms with Crippen molar-refractivity contribution < 1.29 is 9.90 Å². The van der Waals surface area contributed by atoms with Crippen LogP contribution in [0.2, 0.25) is 0 Å². The van der Waals surface area contributed by atoms with E-state index >= 15 is 0 Å². The SMILES string of the molecule is C[C@H](N)C(=O)CC(O)CN. The van der Waals surface area contributed by atoms with Gasteiger partial charge in [0, 0.05) is 13.0 Å². The lowest BCUT2D eigenvalue weighted by Gasteiger charge is -2.07. The number of hydrogen-bond donors (Lipinski definition) is 3. The summed E-state index contributed by atoms with van der Waals surface area (Å²) in [5.74, 6) is -0.155. The highest BCUT2D eigenvalue weighted by Gasteiger charge is 2.11. The molecule has 0 aliphatic carbocycles. The van der Waals surface area contributed by atoms with Crippen LogP contribution in [-0.2, 0) is 4.79 Å². The Hall–Kier alpha value is -0.450. The van der Waals surface area contributed by atoms with Crippen molar-refractivity contribution in [3.8, 4) is 0 Å². The Balaban J connectivity index is 3.57. The molecule has 0 heterocycles. The molecule has 4 heteroatoms. The first-order valence-corrected chi connectivity index (χ1v) is 3.24. The zero-order chi connectivity index (χ0) is 8.15. The van der Waals surface area contributed by atoms with Gasteiger partial charge in [0.25, 0.3) is 0 Å². The maximum absolute atomic E-state index is 10.8. The molecule has 0 aromatic heterocycles. The molecule has 0 spiro atoms. The van der Waals surface area contributed by atoms with Gasteiger partial charge in [-0.25, -0.2) is 0 Å². The van der Waals surface area contributed by atoms with Crippen LogP contribution in [0.1, 0.15) is 13.3 Å². The summed E-state index contributed by atoms with van der Waals surface area (Å²) >= 11 is 0. The second-order valence-corrected chi connectivity index (χ2v) is 2.35. The summed E-state index contributed by atoms with van der Waals surface area (Å²) < 4.78 is 0. The molecule has 60 valence electrons. The minimum absolute atomic E-state index is 0.0637. The van der Waals surface area contributed by atoms with Crippen LogP contribution >= 0.6 is 0 Å². The van der Waals surface area contributed by atoms with Gasteiger partial charge < -0.3 is 16.6 Å². The molecule has 5 N–H and O–H groups in total. The molecule has 0 aliphatic rings. The molecular formula is C6H14N2O2. The Bertz CT molecular complexity index is 114. The lowest BCUT2D eigenvalue weighted by atomic mass is 10.1. The molecule has 0 rings (SSSR count). The van der Waals surface area contributed by atoms with Crippen LogP contribution in [0.15, 0.2) is 0 Å². The Labute approximate surface area is 60.2 Å². The van der Waals surface area contributed by atoms with Gasteiger partial charge >= 0.3 is 0 Å². The Morgan fingerprint density at radius 2 is 2.20 bits per heavy atom. The molecule has 0 saturated heterocycles. The smallest absolute Gasteiger partial charge is 0.151 e. The molecule has 0 radical (unpaired) electrons. The van der Waals surface area contributed by atoms with Crippen molar-refractivity contribution >= 4 is 5.78 Å². The van der Waals surface area contributed by atoms with Crippen LogP contribution in [0, 0.1) is 0 Å². The molecule has 0 fully saturated rings. The summed E-state index contributed by atoms with van der Waals surface area (Å²) in [5, 5.41) is 8.88. The fourth-order valence-electron chi connectivity index (χ4n) is 0.501. The third-order valence-corrected chi connectivity index (χ3v) is 1.22. The fourth-order valence-corrected chi connectivity index (χ4v) is 0.501. The number of aliphatic hydroxyl groups is 1. The summed E-state index contributed by atoms with van der Waals surface area (Å²) in [6.45, 7) is 1.70. The number of ketones is 1. The van der Waals surface area contributed by atoms with Gasteiger partial charge in [0.1, 0.15) is 0 Å². The predicted molar refractivity (Wildman–Crippen MR) is 38.3 cm³/mol. The summed E-state index contributed by atoms with van der Waals surface area (Å²) in [4.78, 5) is 10.8.